The first-order valence-corrected chi connectivity index (χ1v) is 11.9. The maximum absolute atomic E-state index is 13.3. The lowest BCUT2D eigenvalue weighted by Crippen LogP contribution is -2.45. The molecule has 0 aliphatic carbocycles. The van der Waals surface area contributed by atoms with Crippen molar-refractivity contribution < 1.29 is 9.59 Å². The van der Waals surface area contributed by atoms with Gasteiger partial charge in [-0.2, -0.15) is 0 Å². The standard InChI is InChI=1S/C28H33N3O2/c1-30(20-22-10-3-2-4-11-22)18-9-17-29-27(32)24-14-8-19-31(21-24)28(33)26-16-7-13-23-12-5-6-15-25(23)26/h2-7,10-13,15-16,24H,8-9,14,17-21H2,1H3,(H,29,32). The maximum atomic E-state index is 13.3. The van der Waals surface area contributed by atoms with Crippen LogP contribution in [-0.4, -0.2) is 54.8 Å². The van der Waals surface area contributed by atoms with Gasteiger partial charge in [-0.15, -0.1) is 0 Å². The highest BCUT2D eigenvalue weighted by Gasteiger charge is 2.29. The van der Waals surface area contributed by atoms with Crippen LogP contribution in [0, 0.1) is 5.92 Å². The van der Waals surface area contributed by atoms with Gasteiger partial charge in [0.25, 0.3) is 5.91 Å². The molecule has 0 radical (unpaired) electrons. The Labute approximate surface area is 196 Å². The van der Waals surface area contributed by atoms with Crippen LogP contribution in [0.25, 0.3) is 10.8 Å². The molecule has 0 spiro atoms. The number of carbonyl (C=O) groups is 2. The fourth-order valence-corrected chi connectivity index (χ4v) is 4.64. The van der Waals surface area contributed by atoms with Gasteiger partial charge in [0, 0.05) is 31.7 Å². The van der Waals surface area contributed by atoms with Crippen LogP contribution in [0.1, 0.15) is 35.2 Å². The molecule has 0 bridgehead atoms. The zero-order valence-corrected chi connectivity index (χ0v) is 19.4. The van der Waals surface area contributed by atoms with Crippen molar-refractivity contribution in [2.75, 3.05) is 33.2 Å². The van der Waals surface area contributed by atoms with E-state index in [9.17, 15) is 9.59 Å². The van der Waals surface area contributed by atoms with Crippen LogP contribution in [0.5, 0.6) is 0 Å². The zero-order valence-electron chi connectivity index (χ0n) is 19.4. The second-order valence-electron chi connectivity index (χ2n) is 8.98. The minimum Gasteiger partial charge on any atom is -0.356 e. The molecular weight excluding hydrogens is 410 g/mol. The average Bonchev–Trinajstić information content (AvgIpc) is 2.86. The highest BCUT2D eigenvalue weighted by Crippen LogP contribution is 2.23. The first-order valence-electron chi connectivity index (χ1n) is 11.9. The number of hydrogen-bond donors (Lipinski definition) is 1. The Morgan fingerprint density at radius 1 is 1.00 bits per heavy atom. The van der Waals surface area contributed by atoms with Gasteiger partial charge in [0.15, 0.2) is 0 Å². The molecule has 5 heteroatoms. The summed E-state index contributed by atoms with van der Waals surface area (Å²) < 4.78 is 0. The molecule has 0 saturated carbocycles. The summed E-state index contributed by atoms with van der Waals surface area (Å²) in [6, 6.07) is 24.2. The fraction of sp³-hybridized carbons (Fsp3) is 0.357. The first-order chi connectivity index (χ1) is 16.1. The molecular formula is C28H33N3O2. The van der Waals surface area contributed by atoms with E-state index in [4.69, 9.17) is 0 Å². The second-order valence-corrected chi connectivity index (χ2v) is 8.98. The molecule has 3 aromatic rings. The van der Waals surface area contributed by atoms with Gasteiger partial charge in [-0.25, -0.2) is 0 Å². The molecule has 1 atom stereocenters. The van der Waals surface area contributed by atoms with Gasteiger partial charge in [-0.1, -0.05) is 66.7 Å². The molecule has 1 N–H and O–H groups in total. The maximum Gasteiger partial charge on any atom is 0.254 e. The van der Waals surface area contributed by atoms with Crippen molar-refractivity contribution in [2.24, 2.45) is 5.92 Å². The molecule has 0 aromatic heterocycles. The predicted molar refractivity (Wildman–Crippen MR) is 133 cm³/mol. The third kappa shape index (κ3) is 5.99. The van der Waals surface area contributed by atoms with Crippen LogP contribution in [-0.2, 0) is 11.3 Å². The Bertz CT molecular complexity index is 1080. The Morgan fingerprint density at radius 2 is 1.76 bits per heavy atom. The van der Waals surface area contributed by atoms with Crippen molar-refractivity contribution in [2.45, 2.75) is 25.8 Å². The van der Waals surface area contributed by atoms with E-state index in [0.717, 1.165) is 48.7 Å². The minimum atomic E-state index is -0.139. The van der Waals surface area contributed by atoms with Crippen molar-refractivity contribution >= 4 is 22.6 Å². The second kappa shape index (κ2) is 11.1. The molecule has 1 aliphatic heterocycles. The number of benzene rings is 3. The Balaban J connectivity index is 1.26. The third-order valence-corrected chi connectivity index (χ3v) is 6.41. The van der Waals surface area contributed by atoms with Crippen LogP contribution < -0.4 is 5.32 Å². The van der Waals surface area contributed by atoms with Gasteiger partial charge in [0.05, 0.1) is 5.92 Å². The van der Waals surface area contributed by atoms with E-state index in [1.54, 1.807) is 0 Å². The van der Waals surface area contributed by atoms with Crippen molar-refractivity contribution in [3.8, 4) is 0 Å². The normalized spacial score (nSPS) is 16.2. The zero-order chi connectivity index (χ0) is 23.0. The van der Waals surface area contributed by atoms with Crippen molar-refractivity contribution in [3.05, 3.63) is 83.9 Å². The lowest BCUT2D eigenvalue weighted by molar-refractivity contribution is -0.126. The van der Waals surface area contributed by atoms with Crippen LogP contribution in [0.4, 0.5) is 0 Å². The van der Waals surface area contributed by atoms with E-state index < -0.39 is 0 Å². The molecule has 5 nitrogen and oxygen atoms in total. The molecule has 172 valence electrons. The van der Waals surface area contributed by atoms with Crippen LogP contribution in [0.2, 0.25) is 0 Å². The summed E-state index contributed by atoms with van der Waals surface area (Å²) in [5.41, 5.74) is 2.01. The van der Waals surface area contributed by atoms with Gasteiger partial charge in [-0.3, -0.25) is 9.59 Å². The number of amides is 2. The van der Waals surface area contributed by atoms with E-state index in [1.807, 2.05) is 53.4 Å². The highest BCUT2D eigenvalue weighted by molar-refractivity contribution is 6.07. The Morgan fingerprint density at radius 3 is 2.61 bits per heavy atom. The SMILES string of the molecule is CN(CCCNC(=O)C1CCCN(C(=O)c2cccc3ccccc23)C1)Cc1ccccc1. The smallest absolute Gasteiger partial charge is 0.254 e. The number of piperidine rings is 1. The van der Waals surface area contributed by atoms with E-state index in [0.29, 0.717) is 19.6 Å². The van der Waals surface area contributed by atoms with Gasteiger partial charge in [-0.05, 0) is 55.3 Å². The summed E-state index contributed by atoms with van der Waals surface area (Å²) in [6.45, 7) is 3.68. The summed E-state index contributed by atoms with van der Waals surface area (Å²) in [5, 5.41) is 5.13. The lowest BCUT2D eigenvalue weighted by Gasteiger charge is -2.32. The molecule has 33 heavy (non-hydrogen) atoms. The molecule has 1 fully saturated rings. The topological polar surface area (TPSA) is 52.7 Å². The molecule has 1 saturated heterocycles. The van der Waals surface area contributed by atoms with E-state index in [-0.39, 0.29) is 17.7 Å². The van der Waals surface area contributed by atoms with Crippen molar-refractivity contribution in [3.63, 3.8) is 0 Å². The van der Waals surface area contributed by atoms with Crippen LogP contribution >= 0.6 is 0 Å². The molecule has 2 amide bonds. The average molecular weight is 444 g/mol. The number of nitrogens with one attached hydrogen (secondary N) is 1. The van der Waals surface area contributed by atoms with Gasteiger partial charge in [0.1, 0.15) is 0 Å². The largest absolute Gasteiger partial charge is 0.356 e. The van der Waals surface area contributed by atoms with Crippen LogP contribution in [0.15, 0.2) is 72.8 Å². The monoisotopic (exact) mass is 443 g/mol. The number of hydrogen-bond acceptors (Lipinski definition) is 3. The summed E-state index contributed by atoms with van der Waals surface area (Å²) in [5.74, 6) is -0.0531. The summed E-state index contributed by atoms with van der Waals surface area (Å²) in [7, 11) is 2.10. The van der Waals surface area contributed by atoms with Crippen molar-refractivity contribution in [1.82, 2.24) is 15.1 Å². The molecule has 1 aliphatic rings. The van der Waals surface area contributed by atoms with Crippen molar-refractivity contribution in [1.29, 1.82) is 0 Å². The number of fused-ring (bicyclic) bond motifs is 1. The van der Waals surface area contributed by atoms with E-state index in [1.165, 1.54) is 5.56 Å². The lowest BCUT2D eigenvalue weighted by atomic mass is 9.95. The fourth-order valence-electron chi connectivity index (χ4n) is 4.64. The highest BCUT2D eigenvalue weighted by atomic mass is 16.2. The van der Waals surface area contributed by atoms with E-state index in [2.05, 4.69) is 41.5 Å². The number of likely N-dealkylation sites (tertiary alicyclic amines) is 1. The number of nitrogens with zero attached hydrogens (tertiary/aromatic N) is 2. The van der Waals surface area contributed by atoms with Gasteiger partial charge in [0.2, 0.25) is 5.91 Å². The Hall–Kier alpha value is -3.18. The first kappa shape index (κ1) is 23.0. The minimum absolute atomic E-state index is 0.0202. The third-order valence-electron chi connectivity index (χ3n) is 6.41. The molecule has 3 aromatic carbocycles. The summed E-state index contributed by atoms with van der Waals surface area (Å²) in [4.78, 5) is 30.2. The van der Waals surface area contributed by atoms with E-state index >= 15 is 0 Å². The number of rotatable bonds is 8. The summed E-state index contributed by atoms with van der Waals surface area (Å²) in [6.07, 6.45) is 2.59. The predicted octanol–water partition coefficient (Wildman–Crippen LogP) is 4.33. The van der Waals surface area contributed by atoms with Gasteiger partial charge >= 0.3 is 0 Å². The van der Waals surface area contributed by atoms with Gasteiger partial charge < -0.3 is 15.1 Å². The summed E-state index contributed by atoms with van der Waals surface area (Å²) >= 11 is 0. The number of carbonyl (C=O) groups excluding carboxylic acids is 2. The quantitative estimate of drug-likeness (QED) is 0.527. The van der Waals surface area contributed by atoms with Crippen LogP contribution in [0.3, 0.4) is 0 Å². The molecule has 1 unspecified atom stereocenters. The molecule has 4 rings (SSSR count). The molecule has 1 heterocycles. The Kier molecular flexibility index (Phi) is 7.74.